The van der Waals surface area contributed by atoms with E-state index in [0.29, 0.717) is 18.5 Å². The fourth-order valence-corrected chi connectivity index (χ4v) is 4.06. The van der Waals surface area contributed by atoms with Crippen molar-refractivity contribution in [3.8, 4) is 22.3 Å². The number of hydrogen-bond donors (Lipinski definition) is 3. The van der Waals surface area contributed by atoms with Gasteiger partial charge >= 0.3 is 0 Å². The summed E-state index contributed by atoms with van der Waals surface area (Å²) in [5.41, 5.74) is 19.3. The first-order valence-corrected chi connectivity index (χ1v) is 11.8. The molecule has 0 aliphatic carbocycles. The Labute approximate surface area is 207 Å². The van der Waals surface area contributed by atoms with Crippen LogP contribution in [0.3, 0.4) is 0 Å². The molecule has 0 aliphatic rings. The first-order chi connectivity index (χ1) is 17.0. The van der Waals surface area contributed by atoms with Crippen LogP contribution in [0.25, 0.3) is 22.3 Å². The number of nitrogens with two attached hydrogens (primary N) is 2. The first-order valence-electron chi connectivity index (χ1n) is 11.8. The van der Waals surface area contributed by atoms with Crippen molar-refractivity contribution in [3.05, 3.63) is 133 Å². The Balaban J connectivity index is 1.35. The minimum Gasteiger partial charge on any atom is -0.401 e. The molecular weight excluding hydrogens is 430 g/mol. The predicted octanol–water partition coefficient (Wildman–Crippen LogP) is 5.09. The van der Waals surface area contributed by atoms with Gasteiger partial charge in [0.1, 0.15) is 0 Å². The number of nitrogens with one attached hydrogen (secondary N) is 1. The molecule has 0 fully saturated rings. The van der Waals surface area contributed by atoms with Gasteiger partial charge in [-0.2, -0.15) is 0 Å². The second-order valence-electron chi connectivity index (χ2n) is 8.78. The molecule has 0 spiro atoms. The molecule has 5 N–H and O–H groups in total. The Morgan fingerprint density at radius 1 is 0.657 bits per heavy atom. The summed E-state index contributed by atoms with van der Waals surface area (Å²) in [6.45, 7) is 3.87. The standard InChI is InChI=1S/C31H31N3O/c1-22(32)30(21-24-14-18-28(19-15-24)26-10-6-3-7-11-26)34-31(35)29(33)20-23-12-16-27(17-13-23)25-8-4-2-5-9-25/h2-19,29-30H,1,20-21,32-33H2,(H,34,35)/t29-,30+/m0/s1. The van der Waals surface area contributed by atoms with Gasteiger partial charge in [-0.3, -0.25) is 4.79 Å². The zero-order valence-electron chi connectivity index (χ0n) is 19.7. The van der Waals surface area contributed by atoms with Crippen LogP contribution < -0.4 is 16.8 Å². The first kappa shape index (κ1) is 24.0. The van der Waals surface area contributed by atoms with Crippen LogP contribution >= 0.6 is 0 Å². The average molecular weight is 462 g/mol. The molecule has 0 saturated carbocycles. The van der Waals surface area contributed by atoms with Crippen LogP contribution in [-0.4, -0.2) is 18.0 Å². The second kappa shape index (κ2) is 11.3. The Kier molecular flexibility index (Phi) is 7.76. The summed E-state index contributed by atoms with van der Waals surface area (Å²) in [6.07, 6.45) is 0.991. The predicted molar refractivity (Wildman–Crippen MR) is 144 cm³/mol. The van der Waals surface area contributed by atoms with Gasteiger partial charge < -0.3 is 16.8 Å². The van der Waals surface area contributed by atoms with Crippen molar-refractivity contribution in [2.45, 2.75) is 24.9 Å². The van der Waals surface area contributed by atoms with E-state index in [-0.39, 0.29) is 5.91 Å². The highest BCUT2D eigenvalue weighted by Gasteiger charge is 2.20. The zero-order valence-corrected chi connectivity index (χ0v) is 19.7. The molecule has 0 heterocycles. The average Bonchev–Trinajstić information content (AvgIpc) is 2.90. The molecular formula is C31H31N3O. The third kappa shape index (κ3) is 6.46. The van der Waals surface area contributed by atoms with Crippen LogP contribution in [0.5, 0.6) is 0 Å². The van der Waals surface area contributed by atoms with Crippen molar-refractivity contribution in [3.63, 3.8) is 0 Å². The SMILES string of the molecule is C=C(N)[C@@H](Cc1ccc(-c2ccccc2)cc1)NC(=O)[C@@H](N)Cc1ccc(-c2ccccc2)cc1. The van der Waals surface area contributed by atoms with E-state index < -0.39 is 12.1 Å². The van der Waals surface area contributed by atoms with Gasteiger partial charge in [0.2, 0.25) is 5.91 Å². The van der Waals surface area contributed by atoms with Gasteiger partial charge in [-0.05, 0) is 46.2 Å². The van der Waals surface area contributed by atoms with E-state index in [1.165, 1.54) is 0 Å². The Bertz CT molecular complexity index is 1250. The van der Waals surface area contributed by atoms with Gasteiger partial charge in [-0.1, -0.05) is 116 Å². The summed E-state index contributed by atoms with van der Waals surface area (Å²) in [4.78, 5) is 12.8. The summed E-state index contributed by atoms with van der Waals surface area (Å²) in [5, 5.41) is 2.98. The lowest BCUT2D eigenvalue weighted by atomic mass is 9.98. The number of carbonyl (C=O) groups excluding carboxylic acids is 1. The lowest BCUT2D eigenvalue weighted by Crippen LogP contribution is -2.48. The highest BCUT2D eigenvalue weighted by atomic mass is 16.2. The fraction of sp³-hybridized carbons (Fsp3) is 0.129. The van der Waals surface area contributed by atoms with Crippen molar-refractivity contribution >= 4 is 5.91 Å². The van der Waals surface area contributed by atoms with E-state index >= 15 is 0 Å². The Morgan fingerprint density at radius 2 is 1.06 bits per heavy atom. The lowest BCUT2D eigenvalue weighted by molar-refractivity contribution is -0.122. The highest BCUT2D eigenvalue weighted by Crippen LogP contribution is 2.21. The van der Waals surface area contributed by atoms with E-state index in [0.717, 1.165) is 33.4 Å². The third-order valence-corrected chi connectivity index (χ3v) is 6.12. The fourth-order valence-electron chi connectivity index (χ4n) is 4.06. The van der Waals surface area contributed by atoms with Crippen LogP contribution in [0, 0.1) is 0 Å². The summed E-state index contributed by atoms with van der Waals surface area (Å²) in [5.74, 6) is -0.241. The van der Waals surface area contributed by atoms with Crippen molar-refractivity contribution in [2.24, 2.45) is 11.5 Å². The summed E-state index contributed by atoms with van der Waals surface area (Å²) >= 11 is 0. The van der Waals surface area contributed by atoms with E-state index in [9.17, 15) is 4.79 Å². The van der Waals surface area contributed by atoms with Gasteiger partial charge in [0.05, 0.1) is 12.1 Å². The number of amides is 1. The van der Waals surface area contributed by atoms with E-state index in [2.05, 4.69) is 72.6 Å². The largest absolute Gasteiger partial charge is 0.401 e. The molecule has 2 atom stereocenters. The molecule has 4 rings (SSSR count). The molecule has 0 bridgehead atoms. The maximum atomic E-state index is 12.8. The van der Waals surface area contributed by atoms with E-state index in [1.807, 2.05) is 48.5 Å². The van der Waals surface area contributed by atoms with Crippen molar-refractivity contribution in [1.82, 2.24) is 5.32 Å². The minimum atomic E-state index is -0.681. The Hall–Kier alpha value is -4.15. The van der Waals surface area contributed by atoms with Crippen LogP contribution in [-0.2, 0) is 17.6 Å². The lowest BCUT2D eigenvalue weighted by Gasteiger charge is -2.21. The van der Waals surface area contributed by atoms with Crippen LogP contribution in [0.2, 0.25) is 0 Å². The maximum Gasteiger partial charge on any atom is 0.237 e. The third-order valence-electron chi connectivity index (χ3n) is 6.12. The highest BCUT2D eigenvalue weighted by molar-refractivity contribution is 5.82. The molecule has 4 heteroatoms. The van der Waals surface area contributed by atoms with Gasteiger partial charge in [-0.15, -0.1) is 0 Å². The summed E-state index contributed by atoms with van der Waals surface area (Å²) in [6, 6.07) is 35.7. The summed E-state index contributed by atoms with van der Waals surface area (Å²) in [7, 11) is 0. The van der Waals surface area contributed by atoms with Gasteiger partial charge in [0, 0.05) is 5.70 Å². The molecule has 1 amide bonds. The zero-order chi connectivity index (χ0) is 24.6. The number of hydrogen-bond acceptors (Lipinski definition) is 3. The molecule has 0 unspecified atom stereocenters. The van der Waals surface area contributed by atoms with Crippen molar-refractivity contribution in [2.75, 3.05) is 0 Å². The number of rotatable bonds is 9. The van der Waals surface area contributed by atoms with Crippen LogP contribution in [0.1, 0.15) is 11.1 Å². The van der Waals surface area contributed by atoms with Crippen LogP contribution in [0.4, 0.5) is 0 Å². The van der Waals surface area contributed by atoms with Crippen LogP contribution in [0.15, 0.2) is 121 Å². The molecule has 4 aromatic rings. The van der Waals surface area contributed by atoms with Gasteiger partial charge in [-0.25, -0.2) is 0 Å². The molecule has 4 nitrogen and oxygen atoms in total. The topological polar surface area (TPSA) is 81.1 Å². The minimum absolute atomic E-state index is 0.241. The second-order valence-corrected chi connectivity index (χ2v) is 8.78. The molecule has 4 aromatic carbocycles. The Morgan fingerprint density at radius 3 is 1.49 bits per heavy atom. The molecule has 0 radical (unpaired) electrons. The van der Waals surface area contributed by atoms with E-state index in [1.54, 1.807) is 0 Å². The van der Waals surface area contributed by atoms with Crippen molar-refractivity contribution < 1.29 is 4.79 Å². The quantitative estimate of drug-likeness (QED) is 0.325. The number of benzene rings is 4. The monoisotopic (exact) mass is 461 g/mol. The van der Waals surface area contributed by atoms with E-state index in [4.69, 9.17) is 11.5 Å². The van der Waals surface area contributed by atoms with Gasteiger partial charge in [0.25, 0.3) is 0 Å². The molecule has 0 aliphatic heterocycles. The summed E-state index contributed by atoms with van der Waals surface area (Å²) < 4.78 is 0. The normalized spacial score (nSPS) is 12.5. The smallest absolute Gasteiger partial charge is 0.237 e. The number of carbonyl (C=O) groups is 1. The molecule has 35 heavy (non-hydrogen) atoms. The van der Waals surface area contributed by atoms with Gasteiger partial charge in [0.15, 0.2) is 0 Å². The molecule has 176 valence electrons. The van der Waals surface area contributed by atoms with Crippen molar-refractivity contribution in [1.29, 1.82) is 0 Å². The molecule has 0 aromatic heterocycles. The molecule has 0 saturated heterocycles. The maximum absolute atomic E-state index is 12.8.